The number of ether oxygens (including phenoxy) is 2. The summed E-state index contributed by atoms with van der Waals surface area (Å²) < 4.78 is 11.8. The van der Waals surface area contributed by atoms with Crippen molar-refractivity contribution in [3.05, 3.63) is 64.3 Å². The number of amides is 1. The van der Waals surface area contributed by atoms with Gasteiger partial charge < -0.3 is 25.0 Å². The molecule has 194 valence electrons. The number of nitrogens with one attached hydrogen (secondary N) is 2. The van der Waals surface area contributed by atoms with Gasteiger partial charge in [0, 0.05) is 47.4 Å². The number of rotatable bonds is 5. The van der Waals surface area contributed by atoms with Gasteiger partial charge in [-0.3, -0.25) is 9.78 Å². The van der Waals surface area contributed by atoms with Gasteiger partial charge in [-0.15, -0.1) is 0 Å². The van der Waals surface area contributed by atoms with Crippen LogP contribution in [0.25, 0.3) is 10.9 Å². The molecule has 1 atom stereocenters. The molecule has 0 aliphatic carbocycles. The standard InChI is InChI=1S/C29H28ClN5O3/c30-21-2-1-19-5-9-35(26(19)12-21)29-20(15-31)16-33-24-14-27(38-22-6-10-37-17-22)25(13-23(24)29)34-28(36)11-18-3-7-32-8-4-18/h1-2,11-14,16,22,32H,3-10,17H2,(H,34,36). The third-order valence-corrected chi connectivity index (χ3v) is 7.53. The first-order chi connectivity index (χ1) is 18.6. The molecule has 2 saturated heterocycles. The van der Waals surface area contributed by atoms with Crippen molar-refractivity contribution in [2.24, 2.45) is 0 Å². The van der Waals surface area contributed by atoms with Crippen molar-refractivity contribution in [1.29, 1.82) is 5.26 Å². The van der Waals surface area contributed by atoms with Gasteiger partial charge in [0.25, 0.3) is 0 Å². The summed E-state index contributed by atoms with van der Waals surface area (Å²) in [4.78, 5) is 19.8. The average molecular weight is 530 g/mol. The lowest BCUT2D eigenvalue weighted by molar-refractivity contribution is -0.112. The Labute approximate surface area is 226 Å². The summed E-state index contributed by atoms with van der Waals surface area (Å²) >= 11 is 6.34. The first-order valence-electron chi connectivity index (χ1n) is 13.0. The SMILES string of the molecule is N#Cc1cnc2cc(OC3CCOC3)c(NC(=O)C=C3CCNCC3)cc2c1N1CCc2ccc(Cl)cc21. The summed E-state index contributed by atoms with van der Waals surface area (Å²) in [6, 6.07) is 11.9. The molecule has 0 saturated carbocycles. The molecule has 3 aromatic rings. The number of hydrogen-bond donors (Lipinski definition) is 2. The largest absolute Gasteiger partial charge is 0.486 e. The van der Waals surface area contributed by atoms with Crippen molar-refractivity contribution in [3.63, 3.8) is 0 Å². The second-order valence-corrected chi connectivity index (χ2v) is 10.3. The number of piperidine rings is 1. The highest BCUT2D eigenvalue weighted by Gasteiger charge is 2.27. The topological polar surface area (TPSA) is 99.5 Å². The van der Waals surface area contributed by atoms with Crippen molar-refractivity contribution < 1.29 is 14.3 Å². The quantitative estimate of drug-likeness (QED) is 0.455. The lowest BCUT2D eigenvalue weighted by Crippen LogP contribution is -2.24. The highest BCUT2D eigenvalue weighted by Crippen LogP contribution is 2.43. The van der Waals surface area contributed by atoms with Crippen LogP contribution in [0.5, 0.6) is 5.75 Å². The molecular weight excluding hydrogens is 502 g/mol. The minimum absolute atomic E-state index is 0.101. The number of carbonyl (C=O) groups is 1. The van der Waals surface area contributed by atoms with Gasteiger partial charge in [0.2, 0.25) is 5.91 Å². The zero-order valence-electron chi connectivity index (χ0n) is 20.9. The molecule has 0 spiro atoms. The van der Waals surface area contributed by atoms with Gasteiger partial charge in [-0.05, 0) is 56.1 Å². The molecule has 3 aliphatic rings. The van der Waals surface area contributed by atoms with E-state index >= 15 is 0 Å². The Hall–Kier alpha value is -3.64. The Kier molecular flexibility index (Phi) is 6.90. The fraction of sp³-hybridized carbons (Fsp3) is 0.345. The van der Waals surface area contributed by atoms with Gasteiger partial charge in [0.05, 0.1) is 35.7 Å². The zero-order chi connectivity index (χ0) is 26.1. The Bertz CT molecular complexity index is 1470. The van der Waals surface area contributed by atoms with Gasteiger partial charge >= 0.3 is 0 Å². The number of nitriles is 1. The smallest absolute Gasteiger partial charge is 0.248 e. The van der Waals surface area contributed by atoms with E-state index in [0.717, 1.165) is 61.1 Å². The van der Waals surface area contributed by atoms with E-state index in [1.165, 1.54) is 5.56 Å². The van der Waals surface area contributed by atoms with Gasteiger partial charge in [0.1, 0.15) is 17.9 Å². The second-order valence-electron chi connectivity index (χ2n) is 9.82. The number of anilines is 3. The van der Waals surface area contributed by atoms with E-state index in [1.54, 1.807) is 12.3 Å². The molecule has 1 aromatic heterocycles. The molecule has 8 nitrogen and oxygen atoms in total. The fourth-order valence-corrected chi connectivity index (χ4v) is 5.56. The molecule has 1 amide bonds. The first kappa shape index (κ1) is 24.7. The molecule has 9 heteroatoms. The number of pyridine rings is 1. The molecule has 1 unspecified atom stereocenters. The minimum Gasteiger partial charge on any atom is -0.486 e. The maximum absolute atomic E-state index is 13.1. The van der Waals surface area contributed by atoms with E-state index in [2.05, 4.69) is 26.6 Å². The van der Waals surface area contributed by atoms with Crippen LogP contribution < -0.4 is 20.3 Å². The van der Waals surface area contributed by atoms with Crippen LogP contribution in [0, 0.1) is 11.3 Å². The Morgan fingerprint density at radius 1 is 1.26 bits per heavy atom. The summed E-state index contributed by atoms with van der Waals surface area (Å²) in [5.41, 5.74) is 5.70. The monoisotopic (exact) mass is 529 g/mol. The van der Waals surface area contributed by atoms with E-state index < -0.39 is 0 Å². The molecule has 0 radical (unpaired) electrons. The van der Waals surface area contributed by atoms with E-state index in [1.807, 2.05) is 30.3 Å². The van der Waals surface area contributed by atoms with Crippen LogP contribution >= 0.6 is 11.6 Å². The number of hydrogen-bond acceptors (Lipinski definition) is 7. The van der Waals surface area contributed by atoms with Crippen LogP contribution in [0.4, 0.5) is 17.1 Å². The van der Waals surface area contributed by atoms with Crippen molar-refractivity contribution in [2.75, 3.05) is 43.1 Å². The van der Waals surface area contributed by atoms with Crippen LogP contribution in [-0.4, -0.2) is 49.8 Å². The highest BCUT2D eigenvalue weighted by atomic mass is 35.5. The number of carbonyl (C=O) groups excluding carboxylic acids is 1. The van der Waals surface area contributed by atoms with Gasteiger partial charge in [0.15, 0.2) is 0 Å². The predicted molar refractivity (Wildman–Crippen MR) is 147 cm³/mol. The highest BCUT2D eigenvalue weighted by molar-refractivity contribution is 6.31. The van der Waals surface area contributed by atoms with E-state index in [-0.39, 0.29) is 12.0 Å². The summed E-state index contributed by atoms with van der Waals surface area (Å²) in [6.07, 6.45) is 6.51. The van der Waals surface area contributed by atoms with Crippen LogP contribution in [0.1, 0.15) is 30.4 Å². The Morgan fingerprint density at radius 2 is 2.13 bits per heavy atom. The third kappa shape index (κ3) is 4.93. The molecule has 2 fully saturated rings. The van der Waals surface area contributed by atoms with Gasteiger partial charge in [-0.1, -0.05) is 23.2 Å². The van der Waals surface area contributed by atoms with E-state index in [4.69, 9.17) is 21.1 Å². The molecule has 3 aliphatic heterocycles. The van der Waals surface area contributed by atoms with Crippen molar-refractivity contribution >= 4 is 45.5 Å². The van der Waals surface area contributed by atoms with Crippen LogP contribution in [0.3, 0.4) is 0 Å². The number of aromatic nitrogens is 1. The zero-order valence-corrected chi connectivity index (χ0v) is 21.7. The number of benzene rings is 2. The van der Waals surface area contributed by atoms with Crippen molar-refractivity contribution in [1.82, 2.24) is 10.3 Å². The lowest BCUT2D eigenvalue weighted by Gasteiger charge is -2.24. The fourth-order valence-electron chi connectivity index (χ4n) is 5.39. The predicted octanol–water partition coefficient (Wildman–Crippen LogP) is 4.87. The number of nitrogens with zero attached hydrogens (tertiary/aromatic N) is 3. The summed E-state index contributed by atoms with van der Waals surface area (Å²) in [7, 11) is 0. The summed E-state index contributed by atoms with van der Waals surface area (Å²) in [6.45, 7) is 3.60. The van der Waals surface area contributed by atoms with Crippen molar-refractivity contribution in [2.45, 2.75) is 31.8 Å². The number of halogens is 1. The molecular formula is C29H28ClN5O3. The molecule has 6 rings (SSSR count). The molecule has 4 heterocycles. The molecule has 0 bridgehead atoms. The summed E-state index contributed by atoms with van der Waals surface area (Å²) in [5, 5.41) is 17.8. The maximum atomic E-state index is 13.1. The van der Waals surface area contributed by atoms with E-state index in [0.29, 0.717) is 47.3 Å². The second kappa shape index (κ2) is 10.6. The molecule has 2 N–H and O–H groups in total. The first-order valence-corrected chi connectivity index (χ1v) is 13.4. The van der Waals surface area contributed by atoms with Gasteiger partial charge in [-0.2, -0.15) is 5.26 Å². The van der Waals surface area contributed by atoms with E-state index in [9.17, 15) is 10.1 Å². The third-order valence-electron chi connectivity index (χ3n) is 7.29. The Morgan fingerprint density at radius 3 is 2.92 bits per heavy atom. The van der Waals surface area contributed by atoms with Crippen molar-refractivity contribution in [3.8, 4) is 11.8 Å². The lowest BCUT2D eigenvalue weighted by atomic mass is 10.0. The molecule has 2 aromatic carbocycles. The Balaban J connectivity index is 1.45. The normalized spacial score (nSPS) is 18.8. The number of fused-ring (bicyclic) bond motifs is 2. The maximum Gasteiger partial charge on any atom is 0.248 e. The minimum atomic E-state index is -0.196. The van der Waals surface area contributed by atoms with Crippen LogP contribution in [-0.2, 0) is 16.0 Å². The average Bonchev–Trinajstić information content (AvgIpc) is 3.58. The van der Waals surface area contributed by atoms with Crippen LogP contribution in [0.2, 0.25) is 5.02 Å². The molecule has 38 heavy (non-hydrogen) atoms. The summed E-state index contributed by atoms with van der Waals surface area (Å²) in [5.74, 6) is 0.344. The van der Waals surface area contributed by atoms with Crippen LogP contribution in [0.15, 0.2) is 48.2 Å². The van der Waals surface area contributed by atoms with Gasteiger partial charge in [-0.25, -0.2) is 0 Å².